The Morgan fingerprint density at radius 2 is 1.90 bits per heavy atom. The van der Waals surface area contributed by atoms with Gasteiger partial charge in [-0.25, -0.2) is 18.4 Å². The van der Waals surface area contributed by atoms with Crippen molar-refractivity contribution in [1.29, 1.82) is 0 Å². The van der Waals surface area contributed by atoms with Crippen LogP contribution in [0.3, 0.4) is 0 Å². The zero-order valence-corrected chi connectivity index (χ0v) is 13.2. The van der Waals surface area contributed by atoms with Gasteiger partial charge in [0.25, 0.3) is 10.0 Å². The van der Waals surface area contributed by atoms with Crippen LogP contribution in [0.4, 0.5) is 11.6 Å². The van der Waals surface area contributed by atoms with Gasteiger partial charge in [0.2, 0.25) is 5.95 Å². The van der Waals surface area contributed by atoms with Gasteiger partial charge in [-0.3, -0.25) is 4.72 Å². The van der Waals surface area contributed by atoms with Gasteiger partial charge in [-0.05, 0) is 31.5 Å². The van der Waals surface area contributed by atoms with Crippen molar-refractivity contribution in [3.8, 4) is 0 Å². The fourth-order valence-corrected chi connectivity index (χ4v) is 2.81. The van der Waals surface area contributed by atoms with Gasteiger partial charge in [0, 0.05) is 11.6 Å². The molecule has 2 aromatic rings. The van der Waals surface area contributed by atoms with Crippen LogP contribution >= 0.6 is 11.6 Å². The van der Waals surface area contributed by atoms with Crippen molar-refractivity contribution in [2.24, 2.45) is 0 Å². The molecular weight excluding hydrogens is 312 g/mol. The molecule has 0 radical (unpaired) electrons. The fraction of sp³-hybridized carbons (Fsp3) is 0.231. The standard InChI is InChI=1S/C13H15ClN4O2S/c1-3-15-13-16-7-10(8-17-13)21(19,20)18-12-6-4-5-11(14)9(12)2/h4-8,18H,3H2,1-2H3,(H,15,16,17). The van der Waals surface area contributed by atoms with E-state index in [4.69, 9.17) is 11.6 Å². The van der Waals surface area contributed by atoms with E-state index in [9.17, 15) is 8.42 Å². The summed E-state index contributed by atoms with van der Waals surface area (Å²) in [6, 6.07) is 5.02. The number of halogens is 1. The normalized spacial score (nSPS) is 11.2. The summed E-state index contributed by atoms with van der Waals surface area (Å²) in [5, 5.41) is 3.39. The Labute approximate surface area is 128 Å². The lowest BCUT2D eigenvalue weighted by molar-refractivity contribution is 0.600. The molecule has 2 rings (SSSR count). The monoisotopic (exact) mass is 326 g/mol. The van der Waals surface area contributed by atoms with Gasteiger partial charge in [0.1, 0.15) is 4.90 Å². The third kappa shape index (κ3) is 3.62. The maximum absolute atomic E-state index is 12.3. The number of sulfonamides is 1. The topological polar surface area (TPSA) is 84.0 Å². The third-order valence-corrected chi connectivity index (χ3v) is 4.51. The lowest BCUT2D eigenvalue weighted by Crippen LogP contribution is -2.15. The smallest absolute Gasteiger partial charge is 0.264 e. The molecule has 0 amide bonds. The fourth-order valence-electron chi connectivity index (χ4n) is 1.63. The summed E-state index contributed by atoms with van der Waals surface area (Å²) in [6.07, 6.45) is 2.51. The first-order valence-electron chi connectivity index (χ1n) is 6.28. The second kappa shape index (κ2) is 6.28. The Bertz CT molecular complexity index is 732. The number of hydrogen-bond donors (Lipinski definition) is 2. The average Bonchev–Trinajstić information content (AvgIpc) is 2.45. The summed E-state index contributed by atoms with van der Waals surface area (Å²) in [7, 11) is -3.75. The zero-order chi connectivity index (χ0) is 15.5. The Kier molecular flexibility index (Phi) is 4.64. The van der Waals surface area contributed by atoms with Crippen LogP contribution in [-0.4, -0.2) is 24.9 Å². The number of anilines is 2. The SMILES string of the molecule is CCNc1ncc(S(=O)(=O)Nc2cccc(Cl)c2C)cn1. The Morgan fingerprint density at radius 3 is 2.52 bits per heavy atom. The number of aromatic nitrogens is 2. The number of hydrogen-bond acceptors (Lipinski definition) is 5. The van der Waals surface area contributed by atoms with Crippen molar-refractivity contribution in [2.75, 3.05) is 16.6 Å². The van der Waals surface area contributed by atoms with Crippen molar-refractivity contribution in [1.82, 2.24) is 9.97 Å². The first-order valence-corrected chi connectivity index (χ1v) is 8.14. The van der Waals surface area contributed by atoms with Crippen molar-refractivity contribution in [2.45, 2.75) is 18.7 Å². The summed E-state index contributed by atoms with van der Waals surface area (Å²) < 4.78 is 27.0. The highest BCUT2D eigenvalue weighted by molar-refractivity contribution is 7.92. The summed E-state index contributed by atoms with van der Waals surface area (Å²) >= 11 is 5.98. The number of benzene rings is 1. The van der Waals surface area contributed by atoms with Crippen LogP contribution in [0.15, 0.2) is 35.5 Å². The minimum atomic E-state index is -3.75. The van der Waals surface area contributed by atoms with Gasteiger partial charge in [0.05, 0.1) is 18.1 Å². The highest BCUT2D eigenvalue weighted by Crippen LogP contribution is 2.25. The quantitative estimate of drug-likeness (QED) is 0.882. The molecule has 0 unspecified atom stereocenters. The lowest BCUT2D eigenvalue weighted by Gasteiger charge is -2.11. The molecule has 6 nitrogen and oxygen atoms in total. The van der Waals surface area contributed by atoms with Crippen molar-refractivity contribution < 1.29 is 8.42 Å². The zero-order valence-electron chi connectivity index (χ0n) is 11.6. The van der Waals surface area contributed by atoms with Crippen LogP contribution in [0.5, 0.6) is 0 Å². The van der Waals surface area contributed by atoms with E-state index in [0.717, 1.165) is 0 Å². The lowest BCUT2D eigenvalue weighted by atomic mass is 10.2. The van der Waals surface area contributed by atoms with Crippen LogP contribution in [0, 0.1) is 6.92 Å². The largest absolute Gasteiger partial charge is 0.355 e. The number of nitrogens with one attached hydrogen (secondary N) is 2. The van der Waals surface area contributed by atoms with Crippen molar-refractivity contribution >= 4 is 33.3 Å². The van der Waals surface area contributed by atoms with E-state index in [1.807, 2.05) is 6.92 Å². The van der Waals surface area contributed by atoms with Crippen molar-refractivity contribution in [3.63, 3.8) is 0 Å². The van der Waals surface area contributed by atoms with E-state index in [-0.39, 0.29) is 4.90 Å². The number of nitrogens with zero attached hydrogens (tertiary/aromatic N) is 2. The molecule has 8 heteroatoms. The Morgan fingerprint density at radius 1 is 1.24 bits per heavy atom. The van der Waals surface area contributed by atoms with Crippen molar-refractivity contribution in [3.05, 3.63) is 41.2 Å². The molecule has 2 N–H and O–H groups in total. The highest BCUT2D eigenvalue weighted by Gasteiger charge is 2.17. The maximum Gasteiger partial charge on any atom is 0.264 e. The van der Waals surface area contributed by atoms with Gasteiger partial charge in [-0.15, -0.1) is 0 Å². The highest BCUT2D eigenvalue weighted by atomic mass is 35.5. The van der Waals surface area contributed by atoms with Gasteiger partial charge in [-0.2, -0.15) is 0 Å². The molecule has 0 atom stereocenters. The molecule has 0 bridgehead atoms. The first-order chi connectivity index (χ1) is 9.94. The number of rotatable bonds is 5. The summed E-state index contributed by atoms with van der Waals surface area (Å²) in [5.74, 6) is 0.385. The molecule has 0 fully saturated rings. The van der Waals surface area contributed by atoms with E-state index >= 15 is 0 Å². The van der Waals surface area contributed by atoms with Gasteiger partial charge < -0.3 is 5.32 Å². The predicted octanol–water partition coefficient (Wildman–Crippen LogP) is 2.67. The van der Waals surface area contributed by atoms with Crippen LogP contribution in [0.2, 0.25) is 5.02 Å². The molecule has 21 heavy (non-hydrogen) atoms. The van der Waals surface area contributed by atoms with Crippen LogP contribution in [-0.2, 0) is 10.0 Å². The minimum Gasteiger partial charge on any atom is -0.355 e. The van der Waals surface area contributed by atoms with Crippen LogP contribution < -0.4 is 10.0 Å². The summed E-state index contributed by atoms with van der Waals surface area (Å²) in [5.41, 5.74) is 1.09. The molecule has 1 heterocycles. The van der Waals surface area contributed by atoms with E-state index in [0.29, 0.717) is 28.8 Å². The molecule has 0 spiro atoms. The molecule has 0 saturated carbocycles. The minimum absolute atomic E-state index is 0.0106. The Hall–Kier alpha value is -1.86. The summed E-state index contributed by atoms with van der Waals surface area (Å²) in [6.45, 7) is 4.30. The van der Waals surface area contributed by atoms with Gasteiger partial charge in [-0.1, -0.05) is 17.7 Å². The van der Waals surface area contributed by atoms with Crippen LogP contribution in [0.25, 0.3) is 0 Å². The molecule has 0 aliphatic rings. The van der Waals surface area contributed by atoms with E-state index in [2.05, 4.69) is 20.0 Å². The maximum atomic E-state index is 12.3. The third-order valence-electron chi connectivity index (χ3n) is 2.79. The molecule has 112 valence electrons. The molecule has 0 aliphatic heterocycles. The van der Waals surface area contributed by atoms with E-state index < -0.39 is 10.0 Å². The van der Waals surface area contributed by atoms with E-state index in [1.165, 1.54) is 12.4 Å². The average molecular weight is 327 g/mol. The molecule has 0 aliphatic carbocycles. The Balaban J connectivity index is 2.27. The molecule has 0 saturated heterocycles. The van der Waals surface area contributed by atoms with Crippen LogP contribution in [0.1, 0.15) is 12.5 Å². The second-order valence-corrected chi connectivity index (χ2v) is 6.38. The van der Waals surface area contributed by atoms with E-state index in [1.54, 1.807) is 25.1 Å². The molecule has 1 aromatic carbocycles. The van der Waals surface area contributed by atoms with Gasteiger partial charge >= 0.3 is 0 Å². The predicted molar refractivity (Wildman–Crippen MR) is 83.2 cm³/mol. The first kappa shape index (κ1) is 15.5. The second-order valence-electron chi connectivity index (χ2n) is 4.29. The molecule has 1 aromatic heterocycles. The summed E-state index contributed by atoms with van der Waals surface area (Å²) in [4.78, 5) is 7.89. The molecular formula is C13H15ClN4O2S. The van der Waals surface area contributed by atoms with Gasteiger partial charge in [0.15, 0.2) is 0 Å².